The minimum atomic E-state index is -1.28. The third kappa shape index (κ3) is 3.37. The molecule has 1 aliphatic heterocycles. The topological polar surface area (TPSA) is 112 Å². The summed E-state index contributed by atoms with van der Waals surface area (Å²) in [5, 5.41) is 11.5. The number of nitrogens with two attached hydrogens (primary N) is 1. The number of fused-ring (bicyclic) bond motifs is 2. The Hall–Kier alpha value is -3.53. The van der Waals surface area contributed by atoms with Gasteiger partial charge in [-0.2, -0.15) is 5.26 Å². The molecule has 3 rings (SSSR count). The number of hydrogen-bond donors (Lipinski definition) is 1. The largest absolute Gasteiger partial charge is 0.465 e. The van der Waals surface area contributed by atoms with Crippen LogP contribution in [0.3, 0.4) is 0 Å². The lowest BCUT2D eigenvalue weighted by Crippen LogP contribution is -2.33. The predicted octanol–water partition coefficient (Wildman–Crippen LogP) is 2.75. The summed E-state index contributed by atoms with van der Waals surface area (Å²) in [6.45, 7) is 3.53. The molecule has 2 atom stereocenters. The van der Waals surface area contributed by atoms with E-state index in [1.807, 2.05) is 30.3 Å². The van der Waals surface area contributed by atoms with Gasteiger partial charge >= 0.3 is 11.9 Å². The molecule has 7 nitrogen and oxygen atoms in total. The van der Waals surface area contributed by atoms with Crippen molar-refractivity contribution in [2.24, 2.45) is 11.7 Å². The molecule has 2 aromatic carbocycles. The lowest BCUT2D eigenvalue weighted by molar-refractivity contribution is -0.146. The van der Waals surface area contributed by atoms with Crippen LogP contribution in [0.1, 0.15) is 25.3 Å². The number of benzene rings is 2. The molecule has 0 spiro atoms. The van der Waals surface area contributed by atoms with Gasteiger partial charge < -0.3 is 19.9 Å². The molecule has 28 heavy (non-hydrogen) atoms. The fourth-order valence-electron chi connectivity index (χ4n) is 3.33. The van der Waals surface area contributed by atoms with Gasteiger partial charge in [0.1, 0.15) is 11.3 Å². The summed E-state index contributed by atoms with van der Waals surface area (Å²) in [4.78, 5) is 25.1. The van der Waals surface area contributed by atoms with Gasteiger partial charge in [-0.3, -0.25) is 4.79 Å². The van der Waals surface area contributed by atoms with Crippen LogP contribution >= 0.6 is 0 Å². The molecule has 0 saturated heterocycles. The van der Waals surface area contributed by atoms with E-state index in [0.29, 0.717) is 11.3 Å². The van der Waals surface area contributed by atoms with E-state index in [9.17, 15) is 14.9 Å². The molecule has 144 valence electrons. The van der Waals surface area contributed by atoms with E-state index >= 15 is 0 Å². The van der Waals surface area contributed by atoms with Gasteiger partial charge in [0, 0.05) is 5.56 Å². The van der Waals surface area contributed by atoms with Crippen molar-refractivity contribution in [2.75, 3.05) is 13.2 Å². The van der Waals surface area contributed by atoms with Crippen LogP contribution in [0.25, 0.3) is 10.8 Å². The van der Waals surface area contributed by atoms with Crippen LogP contribution in [-0.4, -0.2) is 25.2 Å². The maximum Gasteiger partial charge on any atom is 0.340 e. The minimum Gasteiger partial charge on any atom is -0.465 e. The lowest BCUT2D eigenvalue weighted by atomic mass is 9.78. The van der Waals surface area contributed by atoms with Gasteiger partial charge in [-0.05, 0) is 36.8 Å². The van der Waals surface area contributed by atoms with E-state index in [0.717, 1.165) is 10.8 Å². The maximum atomic E-state index is 12.6. The molecule has 2 aromatic rings. The number of esters is 2. The van der Waals surface area contributed by atoms with Gasteiger partial charge in [0.05, 0.1) is 25.2 Å². The van der Waals surface area contributed by atoms with Crippen molar-refractivity contribution >= 4 is 22.7 Å². The fraction of sp³-hybridized carbons (Fsp3) is 0.286. The zero-order chi connectivity index (χ0) is 20.3. The average molecular weight is 380 g/mol. The Kier molecular flexibility index (Phi) is 5.50. The van der Waals surface area contributed by atoms with Crippen LogP contribution in [0.15, 0.2) is 47.9 Å². The molecule has 2 N–H and O–H groups in total. The van der Waals surface area contributed by atoms with Crippen molar-refractivity contribution < 1.29 is 23.8 Å². The van der Waals surface area contributed by atoms with E-state index in [2.05, 4.69) is 0 Å². The smallest absolute Gasteiger partial charge is 0.340 e. The highest BCUT2D eigenvalue weighted by Gasteiger charge is 2.43. The second-order valence-corrected chi connectivity index (χ2v) is 6.17. The number of hydrogen-bond acceptors (Lipinski definition) is 7. The van der Waals surface area contributed by atoms with Crippen molar-refractivity contribution in [1.29, 1.82) is 5.26 Å². The minimum absolute atomic E-state index is 0.0516. The Bertz CT molecular complexity index is 1010. The molecule has 0 saturated carbocycles. The molecule has 0 fully saturated rings. The highest BCUT2D eigenvalue weighted by molar-refractivity contribution is 5.95. The summed E-state index contributed by atoms with van der Waals surface area (Å²) in [5.41, 5.74) is 6.48. The zero-order valence-corrected chi connectivity index (χ0v) is 15.6. The molecular weight excluding hydrogens is 360 g/mol. The summed E-state index contributed by atoms with van der Waals surface area (Å²) in [5.74, 6) is -3.49. The highest BCUT2D eigenvalue weighted by atomic mass is 16.5. The Morgan fingerprint density at radius 2 is 1.82 bits per heavy atom. The van der Waals surface area contributed by atoms with E-state index in [-0.39, 0.29) is 24.7 Å². The molecule has 0 amide bonds. The summed E-state index contributed by atoms with van der Waals surface area (Å²) in [6.07, 6.45) is 0. The van der Waals surface area contributed by atoms with Crippen LogP contribution in [0.2, 0.25) is 0 Å². The lowest BCUT2D eigenvalue weighted by Gasteiger charge is -2.30. The standard InChI is InChI=1S/C21H20N2O5/c1-3-26-20(24)15(11-22)17-14-9-12-7-5-6-8-13(12)10-16(14)28-19(23)18(17)21(25)27-4-2/h5-10,15,17H,3-4,23H2,1-2H3. The molecule has 0 bridgehead atoms. The van der Waals surface area contributed by atoms with Crippen molar-refractivity contribution in [3.63, 3.8) is 0 Å². The fourth-order valence-corrected chi connectivity index (χ4v) is 3.33. The summed E-state index contributed by atoms with van der Waals surface area (Å²) < 4.78 is 15.8. The number of carbonyl (C=O) groups excluding carboxylic acids is 2. The van der Waals surface area contributed by atoms with Crippen molar-refractivity contribution in [3.05, 3.63) is 53.4 Å². The molecular formula is C21H20N2O5. The Morgan fingerprint density at radius 1 is 1.18 bits per heavy atom. The van der Waals surface area contributed by atoms with Crippen LogP contribution < -0.4 is 10.5 Å². The number of carbonyl (C=O) groups is 2. The molecule has 0 aliphatic carbocycles. The normalized spacial score (nSPS) is 16.5. The van der Waals surface area contributed by atoms with Gasteiger partial charge in [-0.25, -0.2) is 4.79 Å². The average Bonchev–Trinajstić information content (AvgIpc) is 2.67. The summed E-state index contributed by atoms with van der Waals surface area (Å²) in [6, 6.07) is 13.1. The van der Waals surface area contributed by atoms with Crippen LogP contribution in [0.4, 0.5) is 0 Å². The molecule has 0 aromatic heterocycles. The molecule has 1 aliphatic rings. The number of nitriles is 1. The SMILES string of the molecule is CCOC(=O)C1=C(N)Oc2cc3ccccc3cc2C1C(C#N)C(=O)OCC. The quantitative estimate of drug-likeness (QED) is 0.794. The van der Waals surface area contributed by atoms with E-state index < -0.39 is 23.8 Å². The molecule has 7 heteroatoms. The third-order valence-corrected chi connectivity index (χ3v) is 4.52. The van der Waals surface area contributed by atoms with Crippen molar-refractivity contribution in [2.45, 2.75) is 19.8 Å². The summed E-state index contributed by atoms with van der Waals surface area (Å²) in [7, 11) is 0. The molecule has 2 unspecified atom stereocenters. The van der Waals surface area contributed by atoms with Gasteiger partial charge in [-0.1, -0.05) is 24.3 Å². The van der Waals surface area contributed by atoms with Gasteiger partial charge in [-0.15, -0.1) is 0 Å². The zero-order valence-electron chi connectivity index (χ0n) is 15.6. The van der Waals surface area contributed by atoms with Crippen LogP contribution in [-0.2, 0) is 19.1 Å². The number of rotatable bonds is 5. The van der Waals surface area contributed by atoms with Crippen LogP contribution in [0, 0.1) is 17.2 Å². The van der Waals surface area contributed by atoms with Gasteiger partial charge in [0.25, 0.3) is 0 Å². The van der Waals surface area contributed by atoms with Gasteiger partial charge in [0.15, 0.2) is 5.92 Å². The highest BCUT2D eigenvalue weighted by Crippen LogP contribution is 2.44. The van der Waals surface area contributed by atoms with E-state index in [1.165, 1.54) is 0 Å². The monoisotopic (exact) mass is 380 g/mol. The maximum absolute atomic E-state index is 12.6. The first kappa shape index (κ1) is 19.2. The first-order valence-corrected chi connectivity index (χ1v) is 8.95. The second-order valence-electron chi connectivity index (χ2n) is 6.17. The van der Waals surface area contributed by atoms with E-state index in [4.69, 9.17) is 19.9 Å². The summed E-state index contributed by atoms with van der Waals surface area (Å²) >= 11 is 0. The molecule has 1 heterocycles. The Labute approximate surface area is 162 Å². The second kappa shape index (κ2) is 8.01. The van der Waals surface area contributed by atoms with E-state index in [1.54, 1.807) is 26.0 Å². The first-order chi connectivity index (χ1) is 13.5. The number of nitrogens with zero attached hydrogens (tertiary/aromatic N) is 1. The first-order valence-electron chi connectivity index (χ1n) is 8.95. The molecule has 0 radical (unpaired) electrons. The van der Waals surface area contributed by atoms with Crippen molar-refractivity contribution in [1.82, 2.24) is 0 Å². The van der Waals surface area contributed by atoms with Crippen molar-refractivity contribution in [3.8, 4) is 11.8 Å². The Balaban J connectivity index is 2.22. The third-order valence-electron chi connectivity index (χ3n) is 4.52. The predicted molar refractivity (Wildman–Crippen MR) is 101 cm³/mol. The van der Waals surface area contributed by atoms with Gasteiger partial charge in [0.2, 0.25) is 5.88 Å². The number of ether oxygens (including phenoxy) is 3. The Morgan fingerprint density at radius 3 is 2.43 bits per heavy atom. The van der Waals surface area contributed by atoms with Crippen LogP contribution in [0.5, 0.6) is 5.75 Å².